The number of hydrogen-bond donors (Lipinski definition) is 2. The summed E-state index contributed by atoms with van der Waals surface area (Å²) in [5.74, 6) is 0.240. The molecular weight excluding hydrogens is 254 g/mol. The molecule has 0 bridgehead atoms. The number of nitrogens with zero attached hydrogens (tertiary/aromatic N) is 3. The third kappa shape index (κ3) is 4.19. The van der Waals surface area contributed by atoms with Crippen molar-refractivity contribution in [1.29, 1.82) is 5.26 Å². The first-order chi connectivity index (χ1) is 9.63. The van der Waals surface area contributed by atoms with Gasteiger partial charge in [-0.3, -0.25) is 4.79 Å². The fraction of sp³-hybridized carbons (Fsp3) is 0.571. The van der Waals surface area contributed by atoms with Crippen molar-refractivity contribution >= 4 is 11.7 Å². The van der Waals surface area contributed by atoms with Crippen LogP contribution in [0.2, 0.25) is 0 Å². The number of primary amides is 1. The molecule has 1 amide bonds. The minimum atomic E-state index is -0.289. The molecule has 20 heavy (non-hydrogen) atoms. The molecule has 6 heteroatoms. The molecule has 3 N–H and O–H groups in total. The average Bonchev–Trinajstić information content (AvgIpc) is 2.45. The number of nitrogens with one attached hydrogen (secondary N) is 1. The van der Waals surface area contributed by atoms with E-state index in [-0.39, 0.29) is 5.91 Å². The molecule has 1 heterocycles. The highest BCUT2D eigenvalue weighted by Gasteiger charge is 2.13. The van der Waals surface area contributed by atoms with E-state index in [0.29, 0.717) is 24.3 Å². The fourth-order valence-corrected chi connectivity index (χ4v) is 2.05. The summed E-state index contributed by atoms with van der Waals surface area (Å²) in [5.41, 5.74) is 7.50. The minimum absolute atomic E-state index is 0.289. The number of rotatable bonds is 8. The molecule has 1 rings (SSSR count). The summed E-state index contributed by atoms with van der Waals surface area (Å²) in [7, 11) is 0. The lowest BCUT2D eigenvalue weighted by molar-refractivity contribution is -0.118. The standard InChI is InChI=1S/C14H21N5O/c1-3-10-11(9-15)14(19-18-12(10)4-2)17-8-6-5-7-13(16)20/h3-8H2,1-2H3,(H2,16,20)(H,17,19). The molecule has 1 aromatic heterocycles. The van der Waals surface area contributed by atoms with Gasteiger partial charge in [0.1, 0.15) is 11.6 Å². The van der Waals surface area contributed by atoms with Gasteiger partial charge in [-0.15, -0.1) is 5.10 Å². The van der Waals surface area contributed by atoms with E-state index >= 15 is 0 Å². The molecule has 0 unspecified atom stereocenters. The summed E-state index contributed by atoms with van der Waals surface area (Å²) in [6.07, 6.45) is 3.44. The van der Waals surface area contributed by atoms with Crippen LogP contribution in [-0.4, -0.2) is 22.6 Å². The van der Waals surface area contributed by atoms with E-state index in [1.54, 1.807) is 0 Å². The zero-order valence-corrected chi connectivity index (χ0v) is 12.1. The number of unbranched alkanes of at least 4 members (excludes halogenated alkanes) is 1. The van der Waals surface area contributed by atoms with Crippen LogP contribution in [0.15, 0.2) is 0 Å². The van der Waals surface area contributed by atoms with Crippen LogP contribution < -0.4 is 11.1 Å². The van der Waals surface area contributed by atoms with Crippen molar-refractivity contribution in [1.82, 2.24) is 10.2 Å². The predicted molar refractivity (Wildman–Crippen MR) is 77.0 cm³/mol. The molecule has 1 aromatic rings. The van der Waals surface area contributed by atoms with Gasteiger partial charge in [0.15, 0.2) is 5.82 Å². The number of hydrogen-bond acceptors (Lipinski definition) is 5. The molecule has 0 saturated carbocycles. The summed E-state index contributed by atoms with van der Waals surface area (Å²) in [6.45, 7) is 4.65. The Morgan fingerprint density at radius 2 is 2.05 bits per heavy atom. The first-order valence-electron chi connectivity index (χ1n) is 6.94. The van der Waals surface area contributed by atoms with Crippen molar-refractivity contribution < 1.29 is 4.79 Å². The topological polar surface area (TPSA) is 105 Å². The number of carbonyl (C=O) groups excluding carboxylic acids is 1. The van der Waals surface area contributed by atoms with Crippen LogP contribution in [0, 0.1) is 11.3 Å². The van der Waals surface area contributed by atoms with Gasteiger partial charge in [0.05, 0.1) is 5.69 Å². The van der Waals surface area contributed by atoms with Crippen LogP contribution in [0.25, 0.3) is 0 Å². The molecule has 0 radical (unpaired) electrons. The molecule has 6 nitrogen and oxygen atoms in total. The zero-order valence-electron chi connectivity index (χ0n) is 12.1. The maximum atomic E-state index is 10.6. The first kappa shape index (κ1) is 15.9. The third-order valence-corrected chi connectivity index (χ3v) is 3.10. The van der Waals surface area contributed by atoms with Crippen LogP contribution in [0.4, 0.5) is 5.82 Å². The SMILES string of the molecule is CCc1nnc(NCCCCC(N)=O)c(C#N)c1CC. The maximum absolute atomic E-state index is 10.6. The summed E-state index contributed by atoms with van der Waals surface area (Å²) < 4.78 is 0. The van der Waals surface area contributed by atoms with Gasteiger partial charge in [0, 0.05) is 13.0 Å². The van der Waals surface area contributed by atoms with E-state index in [4.69, 9.17) is 5.73 Å². The number of nitrogens with two attached hydrogens (primary N) is 1. The van der Waals surface area contributed by atoms with Crippen molar-refractivity contribution in [3.8, 4) is 6.07 Å². The number of amides is 1. The quantitative estimate of drug-likeness (QED) is 0.700. The van der Waals surface area contributed by atoms with Crippen molar-refractivity contribution in [3.05, 3.63) is 16.8 Å². The van der Waals surface area contributed by atoms with E-state index in [1.165, 1.54) is 0 Å². The Hall–Kier alpha value is -2.16. The van der Waals surface area contributed by atoms with Crippen LogP contribution in [0.1, 0.15) is 49.9 Å². The van der Waals surface area contributed by atoms with Crippen LogP contribution in [0.5, 0.6) is 0 Å². The van der Waals surface area contributed by atoms with E-state index in [9.17, 15) is 10.1 Å². The lowest BCUT2D eigenvalue weighted by Gasteiger charge is -2.11. The molecule has 0 aromatic carbocycles. The van der Waals surface area contributed by atoms with Gasteiger partial charge in [-0.2, -0.15) is 10.4 Å². The Morgan fingerprint density at radius 3 is 2.60 bits per heavy atom. The monoisotopic (exact) mass is 275 g/mol. The number of carbonyl (C=O) groups is 1. The van der Waals surface area contributed by atoms with E-state index in [0.717, 1.165) is 36.9 Å². The number of aryl methyl sites for hydroxylation is 1. The molecule has 0 aliphatic carbocycles. The van der Waals surface area contributed by atoms with Crippen molar-refractivity contribution in [2.45, 2.75) is 46.0 Å². The van der Waals surface area contributed by atoms with Crippen molar-refractivity contribution in [2.24, 2.45) is 5.73 Å². The largest absolute Gasteiger partial charge is 0.370 e. The smallest absolute Gasteiger partial charge is 0.217 e. The summed E-state index contributed by atoms with van der Waals surface area (Å²) in [5, 5.41) is 20.7. The number of aromatic nitrogens is 2. The summed E-state index contributed by atoms with van der Waals surface area (Å²) in [4.78, 5) is 10.6. The highest BCUT2D eigenvalue weighted by Crippen LogP contribution is 2.19. The second-order valence-electron chi connectivity index (χ2n) is 4.52. The molecule has 0 fully saturated rings. The lowest BCUT2D eigenvalue weighted by Crippen LogP contribution is -2.13. The number of anilines is 1. The Morgan fingerprint density at radius 1 is 1.30 bits per heavy atom. The minimum Gasteiger partial charge on any atom is -0.370 e. The first-order valence-corrected chi connectivity index (χ1v) is 6.94. The van der Waals surface area contributed by atoms with Crippen molar-refractivity contribution in [3.63, 3.8) is 0 Å². The summed E-state index contributed by atoms with van der Waals surface area (Å²) >= 11 is 0. The Balaban J connectivity index is 2.71. The molecule has 108 valence electrons. The highest BCUT2D eigenvalue weighted by molar-refractivity contribution is 5.73. The predicted octanol–water partition coefficient (Wildman–Crippen LogP) is 1.54. The third-order valence-electron chi connectivity index (χ3n) is 3.10. The second-order valence-corrected chi connectivity index (χ2v) is 4.52. The van der Waals surface area contributed by atoms with Gasteiger partial charge in [-0.05, 0) is 31.2 Å². The van der Waals surface area contributed by atoms with Gasteiger partial charge >= 0.3 is 0 Å². The summed E-state index contributed by atoms with van der Waals surface area (Å²) in [6, 6.07) is 2.21. The number of nitriles is 1. The van der Waals surface area contributed by atoms with Gasteiger partial charge in [0.25, 0.3) is 0 Å². The second kappa shape index (κ2) is 8.10. The fourth-order valence-electron chi connectivity index (χ4n) is 2.05. The van der Waals surface area contributed by atoms with E-state index in [1.807, 2.05) is 13.8 Å². The Bertz CT molecular complexity index is 507. The van der Waals surface area contributed by atoms with Gasteiger partial charge in [-0.1, -0.05) is 13.8 Å². The normalized spacial score (nSPS) is 10.1. The van der Waals surface area contributed by atoms with Gasteiger partial charge in [-0.25, -0.2) is 0 Å². The molecule has 0 aliphatic rings. The molecular formula is C14H21N5O. The van der Waals surface area contributed by atoms with Gasteiger partial charge < -0.3 is 11.1 Å². The zero-order chi connectivity index (χ0) is 15.0. The molecule has 0 atom stereocenters. The van der Waals surface area contributed by atoms with Crippen LogP contribution >= 0.6 is 0 Å². The van der Waals surface area contributed by atoms with E-state index in [2.05, 4.69) is 21.6 Å². The van der Waals surface area contributed by atoms with Crippen molar-refractivity contribution in [2.75, 3.05) is 11.9 Å². The Labute approximate surface area is 119 Å². The van der Waals surface area contributed by atoms with E-state index < -0.39 is 0 Å². The molecule has 0 saturated heterocycles. The maximum Gasteiger partial charge on any atom is 0.217 e. The molecule has 0 aliphatic heterocycles. The Kier molecular flexibility index (Phi) is 6.44. The van der Waals surface area contributed by atoms with Gasteiger partial charge in [0.2, 0.25) is 5.91 Å². The molecule has 0 spiro atoms. The van der Waals surface area contributed by atoms with Crippen LogP contribution in [0.3, 0.4) is 0 Å². The lowest BCUT2D eigenvalue weighted by atomic mass is 10.0. The van der Waals surface area contributed by atoms with Crippen LogP contribution in [-0.2, 0) is 17.6 Å². The highest BCUT2D eigenvalue weighted by atomic mass is 16.1. The average molecular weight is 275 g/mol.